The Balaban J connectivity index is 0.00000107. The third kappa shape index (κ3) is 5.93. The topological polar surface area (TPSA) is 64.2 Å². The lowest BCUT2D eigenvalue weighted by Gasteiger charge is -2.11. The minimum atomic E-state index is -0.448. The molecule has 31 heavy (non-hydrogen) atoms. The third-order valence-electron chi connectivity index (χ3n) is 4.21. The number of thioether (sulfide) groups is 1. The summed E-state index contributed by atoms with van der Waals surface area (Å²) in [5.41, 5.74) is 2.11. The minimum absolute atomic E-state index is 0.271. The Kier molecular flexibility index (Phi) is 9.23. The summed E-state index contributed by atoms with van der Waals surface area (Å²) in [6, 6.07) is 17.3. The molecule has 0 atom stereocenters. The smallest absolute Gasteiger partial charge is 0.355 e. The highest BCUT2D eigenvalue weighted by molar-refractivity contribution is 7.98. The summed E-state index contributed by atoms with van der Waals surface area (Å²) in [7, 11) is 1.73. The van der Waals surface area contributed by atoms with Gasteiger partial charge in [-0.15, -0.1) is 11.8 Å². The van der Waals surface area contributed by atoms with Crippen LogP contribution in [0.25, 0.3) is 11.1 Å². The molecule has 3 rings (SSSR count). The summed E-state index contributed by atoms with van der Waals surface area (Å²) >= 11 is 1.62. The van der Waals surface area contributed by atoms with Crippen LogP contribution in [0, 0.1) is 11.3 Å². The van der Waals surface area contributed by atoms with Crippen LogP contribution in [0.15, 0.2) is 59.6 Å². The molecule has 0 amide bonds. The molecular formula is C25H28N2O3S. The van der Waals surface area contributed by atoms with Gasteiger partial charge in [-0.05, 0) is 43.0 Å². The summed E-state index contributed by atoms with van der Waals surface area (Å²) < 4.78 is 12.8. The van der Waals surface area contributed by atoms with Gasteiger partial charge in [0.25, 0.3) is 0 Å². The maximum Gasteiger partial charge on any atom is 0.355 e. The first-order valence-corrected chi connectivity index (χ1v) is 11.4. The van der Waals surface area contributed by atoms with E-state index in [2.05, 4.69) is 19.9 Å². The lowest BCUT2D eigenvalue weighted by Crippen LogP contribution is -2.10. The van der Waals surface area contributed by atoms with Gasteiger partial charge in [0, 0.05) is 23.7 Å². The Morgan fingerprint density at radius 1 is 1.10 bits per heavy atom. The molecule has 5 nitrogen and oxygen atoms in total. The SMILES string of the molecule is CCC.CCOC(=O)c1c(-c2ccc(Oc3ccccc3SC)cc2)c(C#N)cn1C. The number of nitriles is 1. The zero-order valence-electron chi connectivity index (χ0n) is 18.6. The Bertz CT molecular complexity index is 1050. The number of para-hydroxylation sites is 1. The third-order valence-corrected chi connectivity index (χ3v) is 4.99. The molecule has 6 heteroatoms. The van der Waals surface area contributed by atoms with Gasteiger partial charge in [-0.3, -0.25) is 0 Å². The molecule has 0 unspecified atom stereocenters. The van der Waals surface area contributed by atoms with E-state index in [0.717, 1.165) is 16.2 Å². The molecule has 0 radical (unpaired) electrons. The highest BCUT2D eigenvalue weighted by atomic mass is 32.2. The van der Waals surface area contributed by atoms with Crippen LogP contribution >= 0.6 is 11.8 Å². The number of esters is 1. The van der Waals surface area contributed by atoms with Crippen molar-refractivity contribution in [3.8, 4) is 28.7 Å². The average molecular weight is 437 g/mol. The molecule has 0 N–H and O–H groups in total. The summed E-state index contributed by atoms with van der Waals surface area (Å²) in [6.07, 6.45) is 4.89. The van der Waals surface area contributed by atoms with Gasteiger partial charge in [0.2, 0.25) is 0 Å². The molecule has 3 aromatic rings. The number of carbonyl (C=O) groups excluding carboxylic acids is 1. The summed E-state index contributed by atoms with van der Waals surface area (Å²) in [4.78, 5) is 13.4. The van der Waals surface area contributed by atoms with E-state index in [1.807, 2.05) is 54.8 Å². The number of aryl methyl sites for hydroxylation is 1. The number of ether oxygens (including phenoxy) is 2. The van der Waals surface area contributed by atoms with Crippen LogP contribution in [0.4, 0.5) is 0 Å². The molecule has 0 spiro atoms. The Morgan fingerprint density at radius 3 is 2.32 bits per heavy atom. The fraction of sp³-hybridized carbons (Fsp3) is 0.280. The van der Waals surface area contributed by atoms with Gasteiger partial charge < -0.3 is 14.0 Å². The standard InChI is InChI=1S/C22H20N2O3S.C3H8/c1-4-26-22(25)21-20(16(13-23)14-24(21)2)15-9-11-17(12-10-15)27-18-7-5-6-8-19(18)28-3;1-3-2/h5-12,14H,4H2,1-3H3;3H2,1-2H3. The van der Waals surface area contributed by atoms with Crippen LogP contribution in [0.5, 0.6) is 11.5 Å². The lowest BCUT2D eigenvalue weighted by molar-refractivity contribution is 0.0516. The maximum atomic E-state index is 12.4. The largest absolute Gasteiger partial charge is 0.461 e. The van der Waals surface area contributed by atoms with Crippen LogP contribution in [-0.4, -0.2) is 23.4 Å². The fourth-order valence-corrected chi connectivity index (χ4v) is 3.49. The molecule has 162 valence electrons. The molecule has 2 aromatic carbocycles. The highest BCUT2D eigenvalue weighted by Crippen LogP contribution is 2.34. The fourth-order valence-electron chi connectivity index (χ4n) is 2.97. The first-order chi connectivity index (χ1) is 15.0. The predicted molar refractivity (Wildman–Crippen MR) is 126 cm³/mol. The number of carbonyl (C=O) groups is 1. The van der Waals surface area contributed by atoms with Crippen molar-refractivity contribution in [1.82, 2.24) is 4.57 Å². The molecule has 0 aliphatic rings. The second kappa shape index (κ2) is 11.9. The molecular weight excluding hydrogens is 408 g/mol. The van der Waals surface area contributed by atoms with E-state index in [4.69, 9.17) is 9.47 Å². The number of nitrogens with zero attached hydrogens (tertiary/aromatic N) is 2. The van der Waals surface area contributed by atoms with Gasteiger partial charge in [-0.1, -0.05) is 44.5 Å². The summed E-state index contributed by atoms with van der Waals surface area (Å²) in [5.74, 6) is 1.01. The highest BCUT2D eigenvalue weighted by Gasteiger charge is 2.22. The average Bonchev–Trinajstić information content (AvgIpc) is 3.11. The number of benzene rings is 2. The van der Waals surface area contributed by atoms with Gasteiger partial charge in [0.15, 0.2) is 0 Å². The summed E-state index contributed by atoms with van der Waals surface area (Å²) in [5, 5.41) is 9.49. The van der Waals surface area contributed by atoms with E-state index in [1.54, 1.807) is 36.5 Å². The zero-order chi connectivity index (χ0) is 22.8. The van der Waals surface area contributed by atoms with E-state index < -0.39 is 5.97 Å². The number of hydrogen-bond donors (Lipinski definition) is 0. The van der Waals surface area contributed by atoms with E-state index in [0.29, 0.717) is 22.6 Å². The molecule has 1 aromatic heterocycles. The van der Waals surface area contributed by atoms with Crippen molar-refractivity contribution in [1.29, 1.82) is 5.26 Å². The van der Waals surface area contributed by atoms with Crippen LogP contribution in [-0.2, 0) is 11.8 Å². The van der Waals surface area contributed by atoms with Gasteiger partial charge in [-0.25, -0.2) is 4.79 Å². The second-order valence-electron chi connectivity index (χ2n) is 6.69. The van der Waals surface area contributed by atoms with Crippen molar-refractivity contribution in [3.63, 3.8) is 0 Å². The molecule has 0 aliphatic carbocycles. The van der Waals surface area contributed by atoms with Crippen molar-refractivity contribution < 1.29 is 14.3 Å². The monoisotopic (exact) mass is 436 g/mol. The number of rotatable bonds is 6. The van der Waals surface area contributed by atoms with Crippen molar-refractivity contribution in [2.24, 2.45) is 7.05 Å². The van der Waals surface area contributed by atoms with Crippen molar-refractivity contribution in [2.45, 2.75) is 32.1 Å². The summed E-state index contributed by atoms with van der Waals surface area (Å²) in [6.45, 7) is 6.28. The van der Waals surface area contributed by atoms with Crippen LogP contribution in [0.2, 0.25) is 0 Å². The van der Waals surface area contributed by atoms with Gasteiger partial charge in [0.1, 0.15) is 23.3 Å². The molecule has 1 heterocycles. The molecule has 0 fully saturated rings. The molecule has 0 saturated carbocycles. The quantitative estimate of drug-likeness (QED) is 0.319. The van der Waals surface area contributed by atoms with E-state index in [1.165, 1.54) is 6.42 Å². The van der Waals surface area contributed by atoms with E-state index >= 15 is 0 Å². The Hall–Kier alpha value is -3.17. The Labute approximate surface area is 188 Å². The maximum absolute atomic E-state index is 12.4. The van der Waals surface area contributed by atoms with Crippen LogP contribution < -0.4 is 4.74 Å². The van der Waals surface area contributed by atoms with Gasteiger partial charge in [0.05, 0.1) is 12.2 Å². The van der Waals surface area contributed by atoms with Crippen molar-refractivity contribution in [2.75, 3.05) is 12.9 Å². The Morgan fingerprint density at radius 2 is 1.74 bits per heavy atom. The predicted octanol–water partition coefficient (Wildman–Crippen LogP) is 6.67. The number of aromatic nitrogens is 1. The lowest BCUT2D eigenvalue weighted by atomic mass is 10.0. The van der Waals surface area contributed by atoms with Crippen LogP contribution in [0.1, 0.15) is 43.2 Å². The van der Waals surface area contributed by atoms with E-state index in [9.17, 15) is 10.1 Å². The van der Waals surface area contributed by atoms with E-state index in [-0.39, 0.29) is 6.61 Å². The normalized spacial score (nSPS) is 9.94. The van der Waals surface area contributed by atoms with Crippen molar-refractivity contribution in [3.05, 3.63) is 66.0 Å². The molecule has 0 aliphatic heterocycles. The van der Waals surface area contributed by atoms with Crippen molar-refractivity contribution >= 4 is 17.7 Å². The first kappa shape index (κ1) is 24.1. The molecule has 0 saturated heterocycles. The second-order valence-corrected chi connectivity index (χ2v) is 7.54. The molecule has 0 bridgehead atoms. The number of hydrogen-bond acceptors (Lipinski definition) is 5. The minimum Gasteiger partial charge on any atom is -0.461 e. The van der Waals surface area contributed by atoms with Crippen LogP contribution in [0.3, 0.4) is 0 Å². The first-order valence-electron chi connectivity index (χ1n) is 10.2. The zero-order valence-corrected chi connectivity index (χ0v) is 19.5. The van der Waals surface area contributed by atoms with Gasteiger partial charge >= 0.3 is 5.97 Å². The van der Waals surface area contributed by atoms with Gasteiger partial charge in [-0.2, -0.15) is 5.26 Å².